The number of rotatable bonds is 5. The van der Waals surface area contributed by atoms with Crippen molar-refractivity contribution in [2.75, 3.05) is 13.6 Å². The van der Waals surface area contributed by atoms with Crippen LogP contribution in [0.15, 0.2) is 24.3 Å². The van der Waals surface area contributed by atoms with Crippen LogP contribution in [0.4, 0.5) is 0 Å². The van der Waals surface area contributed by atoms with Crippen molar-refractivity contribution >= 4 is 5.91 Å². The Morgan fingerprint density at radius 1 is 1.37 bits per heavy atom. The summed E-state index contributed by atoms with van der Waals surface area (Å²) >= 11 is 0. The Hall–Kier alpha value is -1.39. The van der Waals surface area contributed by atoms with Crippen LogP contribution < -0.4 is 11.1 Å². The van der Waals surface area contributed by atoms with Crippen molar-refractivity contribution in [3.05, 3.63) is 35.4 Å². The van der Waals surface area contributed by atoms with Crippen molar-refractivity contribution < 1.29 is 4.79 Å². The summed E-state index contributed by atoms with van der Waals surface area (Å²) in [6, 6.07) is 8.46. The first kappa shape index (κ1) is 14.0. The highest BCUT2D eigenvalue weighted by atomic mass is 16.1. The molecular weight excluding hydrogens is 238 g/mol. The van der Waals surface area contributed by atoms with Gasteiger partial charge in [-0.1, -0.05) is 24.3 Å². The van der Waals surface area contributed by atoms with Crippen LogP contribution in [0, 0.1) is 0 Å². The van der Waals surface area contributed by atoms with Gasteiger partial charge >= 0.3 is 0 Å². The zero-order valence-electron chi connectivity index (χ0n) is 11.6. The van der Waals surface area contributed by atoms with Crippen LogP contribution in [0.1, 0.15) is 30.4 Å². The van der Waals surface area contributed by atoms with Gasteiger partial charge < -0.3 is 16.0 Å². The van der Waals surface area contributed by atoms with Gasteiger partial charge in [0.1, 0.15) is 0 Å². The Bertz CT molecular complexity index is 416. The maximum Gasteiger partial charge on any atom is 0.221 e. The highest BCUT2D eigenvalue weighted by molar-refractivity contribution is 5.76. The minimum atomic E-state index is 0.140. The molecule has 19 heavy (non-hydrogen) atoms. The first-order valence-electron chi connectivity index (χ1n) is 6.94. The van der Waals surface area contributed by atoms with Crippen molar-refractivity contribution in [3.63, 3.8) is 0 Å². The molecule has 1 aliphatic rings. The van der Waals surface area contributed by atoms with Gasteiger partial charge in [0.25, 0.3) is 0 Å². The number of carbonyl (C=O) groups excluding carboxylic acids is 1. The lowest BCUT2D eigenvalue weighted by atomic mass is 10.1. The van der Waals surface area contributed by atoms with E-state index in [0.717, 1.165) is 24.1 Å². The molecule has 3 N–H and O–H groups in total. The fourth-order valence-corrected chi connectivity index (χ4v) is 2.52. The number of nitrogens with two attached hydrogens (primary N) is 1. The fourth-order valence-electron chi connectivity index (χ4n) is 2.52. The standard InChI is InChI=1S/C15H23N3O/c1-18-8-2-3-14(18)9-15(19)17-11-13-6-4-12(10-16)5-7-13/h4-7,14H,2-3,8-11,16H2,1H3,(H,17,19)/t14-/m1/s1. The number of hydrogen-bond donors (Lipinski definition) is 2. The van der Waals surface area contributed by atoms with Crippen molar-refractivity contribution in [2.24, 2.45) is 5.73 Å². The number of carbonyl (C=O) groups is 1. The summed E-state index contributed by atoms with van der Waals surface area (Å²) in [7, 11) is 2.09. The SMILES string of the molecule is CN1CCC[C@@H]1CC(=O)NCc1ccc(CN)cc1. The van der Waals surface area contributed by atoms with Crippen molar-refractivity contribution in [1.29, 1.82) is 0 Å². The first-order chi connectivity index (χ1) is 9.19. The third-order valence-electron chi connectivity index (χ3n) is 3.84. The smallest absolute Gasteiger partial charge is 0.221 e. The molecule has 1 heterocycles. The molecule has 1 aliphatic heterocycles. The second-order valence-corrected chi connectivity index (χ2v) is 5.28. The molecule has 4 heteroatoms. The van der Waals surface area contributed by atoms with E-state index in [1.54, 1.807) is 0 Å². The fraction of sp³-hybridized carbons (Fsp3) is 0.533. The van der Waals surface area contributed by atoms with Gasteiger partial charge in [-0.15, -0.1) is 0 Å². The number of hydrogen-bond acceptors (Lipinski definition) is 3. The normalized spacial score (nSPS) is 19.6. The molecule has 4 nitrogen and oxygen atoms in total. The molecule has 1 aromatic carbocycles. The predicted molar refractivity (Wildman–Crippen MR) is 76.4 cm³/mol. The Morgan fingerprint density at radius 2 is 2.05 bits per heavy atom. The molecular formula is C15H23N3O. The summed E-state index contributed by atoms with van der Waals surface area (Å²) in [5.41, 5.74) is 7.78. The second kappa shape index (κ2) is 6.68. The highest BCUT2D eigenvalue weighted by Crippen LogP contribution is 2.17. The van der Waals surface area contributed by atoms with E-state index < -0.39 is 0 Å². The quantitative estimate of drug-likeness (QED) is 0.838. The van der Waals surface area contributed by atoms with Crippen molar-refractivity contribution in [1.82, 2.24) is 10.2 Å². The first-order valence-corrected chi connectivity index (χ1v) is 6.94. The molecule has 0 radical (unpaired) electrons. The van der Waals surface area contributed by atoms with Crippen molar-refractivity contribution in [2.45, 2.75) is 38.4 Å². The molecule has 0 spiro atoms. The average molecular weight is 261 g/mol. The summed E-state index contributed by atoms with van der Waals surface area (Å²) in [5, 5.41) is 2.99. The number of nitrogens with zero attached hydrogens (tertiary/aromatic N) is 1. The maximum atomic E-state index is 11.9. The third kappa shape index (κ3) is 4.04. The molecule has 1 atom stereocenters. The lowest BCUT2D eigenvalue weighted by Crippen LogP contribution is -2.32. The molecule has 1 amide bonds. The van der Waals surface area contributed by atoms with Crippen LogP contribution in [-0.2, 0) is 17.9 Å². The van der Waals surface area contributed by atoms with E-state index in [9.17, 15) is 4.79 Å². The van der Waals surface area contributed by atoms with Crippen LogP contribution in [0.5, 0.6) is 0 Å². The molecule has 1 fully saturated rings. The van der Waals surface area contributed by atoms with Crippen LogP contribution in [0.2, 0.25) is 0 Å². The van der Waals surface area contributed by atoms with E-state index in [0.29, 0.717) is 25.6 Å². The predicted octanol–water partition coefficient (Wildman–Crippen LogP) is 1.25. The molecule has 104 valence electrons. The van der Waals surface area contributed by atoms with Gasteiger partial charge in [0, 0.05) is 25.6 Å². The van der Waals surface area contributed by atoms with Gasteiger partial charge in [0.15, 0.2) is 0 Å². The molecule has 0 bridgehead atoms. The van der Waals surface area contributed by atoms with Crippen LogP contribution in [-0.4, -0.2) is 30.4 Å². The van der Waals surface area contributed by atoms with Gasteiger partial charge in [-0.05, 0) is 37.6 Å². The summed E-state index contributed by atoms with van der Waals surface area (Å²) in [6.45, 7) is 2.26. The molecule has 0 aliphatic carbocycles. The van der Waals surface area contributed by atoms with Crippen molar-refractivity contribution in [3.8, 4) is 0 Å². The minimum absolute atomic E-state index is 0.140. The summed E-state index contributed by atoms with van der Waals surface area (Å²) < 4.78 is 0. The number of amides is 1. The van der Waals surface area contributed by atoms with Gasteiger partial charge in [0.05, 0.1) is 0 Å². The number of nitrogens with one attached hydrogen (secondary N) is 1. The topological polar surface area (TPSA) is 58.4 Å². The second-order valence-electron chi connectivity index (χ2n) is 5.28. The average Bonchev–Trinajstić information content (AvgIpc) is 2.82. The van der Waals surface area contributed by atoms with E-state index in [4.69, 9.17) is 5.73 Å². The Kier molecular flexibility index (Phi) is 4.93. The van der Waals surface area contributed by atoms with Crippen LogP contribution in [0.25, 0.3) is 0 Å². The Balaban J connectivity index is 1.76. The molecule has 1 aromatic rings. The summed E-state index contributed by atoms with van der Waals surface area (Å²) in [6.07, 6.45) is 2.95. The Labute approximate surface area is 115 Å². The molecule has 1 saturated heterocycles. The molecule has 0 unspecified atom stereocenters. The van der Waals surface area contributed by atoms with Gasteiger partial charge in [0.2, 0.25) is 5.91 Å². The van der Waals surface area contributed by atoms with E-state index in [-0.39, 0.29) is 5.91 Å². The lowest BCUT2D eigenvalue weighted by Gasteiger charge is -2.18. The largest absolute Gasteiger partial charge is 0.352 e. The van der Waals surface area contributed by atoms with E-state index in [1.165, 1.54) is 6.42 Å². The van der Waals surface area contributed by atoms with Crippen LogP contribution in [0.3, 0.4) is 0 Å². The zero-order valence-corrected chi connectivity index (χ0v) is 11.6. The summed E-state index contributed by atoms with van der Waals surface area (Å²) in [4.78, 5) is 14.2. The molecule has 0 saturated carbocycles. The molecule has 0 aromatic heterocycles. The van der Waals surface area contributed by atoms with Gasteiger partial charge in [-0.25, -0.2) is 0 Å². The monoisotopic (exact) mass is 261 g/mol. The Morgan fingerprint density at radius 3 is 2.63 bits per heavy atom. The number of benzene rings is 1. The van der Waals surface area contributed by atoms with E-state index in [2.05, 4.69) is 17.3 Å². The number of likely N-dealkylation sites (tertiary alicyclic amines) is 1. The van der Waals surface area contributed by atoms with Gasteiger partial charge in [-0.3, -0.25) is 4.79 Å². The molecule has 2 rings (SSSR count). The minimum Gasteiger partial charge on any atom is -0.352 e. The highest BCUT2D eigenvalue weighted by Gasteiger charge is 2.23. The maximum absolute atomic E-state index is 11.9. The third-order valence-corrected chi connectivity index (χ3v) is 3.84. The lowest BCUT2D eigenvalue weighted by molar-refractivity contribution is -0.122. The zero-order chi connectivity index (χ0) is 13.7. The van der Waals surface area contributed by atoms with E-state index >= 15 is 0 Å². The van der Waals surface area contributed by atoms with E-state index in [1.807, 2.05) is 24.3 Å². The van der Waals surface area contributed by atoms with Gasteiger partial charge in [-0.2, -0.15) is 0 Å². The summed E-state index contributed by atoms with van der Waals surface area (Å²) in [5.74, 6) is 0.140. The van der Waals surface area contributed by atoms with Crippen LogP contribution >= 0.6 is 0 Å².